The van der Waals surface area contributed by atoms with E-state index in [0.717, 1.165) is 36.9 Å². The first-order valence-corrected chi connectivity index (χ1v) is 17.8. The second-order valence-electron chi connectivity index (χ2n) is 11.1. The molecule has 0 fully saturated rings. The number of hydrogen-bond acceptors (Lipinski definition) is 6. The van der Waals surface area contributed by atoms with Gasteiger partial charge in [-0.2, -0.15) is 0 Å². The first-order chi connectivity index (χ1) is 16.5. The zero-order chi connectivity index (χ0) is 27.3. The standard InChI is InChI=1S/C25H39F2N3O3S2Si/c1-17(2)14-18(12-13-33-36(7,8)25(3,4)5)21-15-22(30-35(6,31)32)29-24(28-21)34-16-19-10-9-11-20(26)23(19)27/h9-11,15,17-18H,12-14,16H2,1-8H3,(H,28,29,30). The van der Waals surface area contributed by atoms with E-state index >= 15 is 0 Å². The van der Waals surface area contributed by atoms with E-state index in [2.05, 4.69) is 57.4 Å². The molecule has 6 nitrogen and oxygen atoms in total. The Balaban J connectivity index is 2.34. The molecule has 0 bridgehead atoms. The minimum Gasteiger partial charge on any atom is -0.417 e. The maximum Gasteiger partial charge on any atom is 0.230 e. The summed E-state index contributed by atoms with van der Waals surface area (Å²) >= 11 is 1.13. The number of hydrogen-bond donors (Lipinski definition) is 1. The van der Waals surface area contributed by atoms with Gasteiger partial charge in [0.15, 0.2) is 25.1 Å². The van der Waals surface area contributed by atoms with E-state index in [9.17, 15) is 17.2 Å². The largest absolute Gasteiger partial charge is 0.417 e. The summed E-state index contributed by atoms with van der Waals surface area (Å²) in [5.74, 6) is -1.17. The molecule has 0 saturated heterocycles. The Hall–Kier alpha value is -1.56. The van der Waals surface area contributed by atoms with E-state index in [4.69, 9.17) is 9.41 Å². The number of sulfonamides is 1. The number of thioether (sulfide) groups is 1. The lowest BCUT2D eigenvalue weighted by Crippen LogP contribution is -2.41. The van der Waals surface area contributed by atoms with Gasteiger partial charge in [0.05, 0.1) is 11.9 Å². The fraction of sp³-hybridized carbons (Fsp3) is 0.600. The van der Waals surface area contributed by atoms with Crippen molar-refractivity contribution in [1.82, 2.24) is 9.97 Å². The van der Waals surface area contributed by atoms with Crippen LogP contribution in [0.15, 0.2) is 29.4 Å². The van der Waals surface area contributed by atoms with E-state index in [1.807, 2.05) is 0 Å². The van der Waals surface area contributed by atoms with Crippen LogP contribution in [0.4, 0.5) is 14.6 Å². The third-order valence-electron chi connectivity index (χ3n) is 6.31. The molecule has 1 heterocycles. The van der Waals surface area contributed by atoms with E-state index in [1.54, 1.807) is 6.07 Å². The SMILES string of the molecule is CC(C)CC(CCO[Si](C)(C)C(C)(C)C)c1cc(NS(C)(=O)=O)nc(SCc2cccc(F)c2F)n1. The number of anilines is 1. The molecule has 0 aliphatic rings. The molecule has 202 valence electrons. The summed E-state index contributed by atoms with van der Waals surface area (Å²) in [7, 11) is -5.49. The molecule has 0 aliphatic heterocycles. The van der Waals surface area contributed by atoms with Gasteiger partial charge in [0, 0.05) is 29.9 Å². The monoisotopic (exact) mass is 559 g/mol. The molecular formula is C25H39F2N3O3S2Si. The summed E-state index contributed by atoms with van der Waals surface area (Å²) in [6, 6.07) is 5.68. The molecule has 36 heavy (non-hydrogen) atoms. The summed E-state index contributed by atoms with van der Waals surface area (Å²) in [5.41, 5.74) is 0.888. The molecule has 1 atom stereocenters. The van der Waals surface area contributed by atoms with Crippen LogP contribution in [-0.4, -0.2) is 39.6 Å². The Kier molecular flexibility index (Phi) is 10.5. The number of nitrogens with one attached hydrogen (secondary N) is 1. The average molecular weight is 560 g/mol. The van der Waals surface area contributed by atoms with Crippen molar-refractivity contribution in [1.29, 1.82) is 0 Å². The third-order valence-corrected chi connectivity index (χ3v) is 12.3. The predicted molar refractivity (Wildman–Crippen MR) is 146 cm³/mol. The molecule has 11 heteroatoms. The second-order valence-corrected chi connectivity index (χ2v) is 18.6. The Morgan fingerprint density at radius 2 is 1.83 bits per heavy atom. The fourth-order valence-electron chi connectivity index (χ4n) is 3.39. The van der Waals surface area contributed by atoms with Crippen LogP contribution in [0.5, 0.6) is 0 Å². The Labute approximate surface area is 220 Å². The molecule has 0 radical (unpaired) electrons. The lowest BCUT2D eigenvalue weighted by molar-refractivity contribution is 0.263. The van der Waals surface area contributed by atoms with E-state index in [-0.39, 0.29) is 28.1 Å². The van der Waals surface area contributed by atoms with Crippen molar-refractivity contribution in [3.8, 4) is 0 Å². The van der Waals surface area contributed by atoms with Crippen LogP contribution in [0, 0.1) is 17.6 Å². The predicted octanol–water partition coefficient (Wildman–Crippen LogP) is 6.96. The van der Waals surface area contributed by atoms with Crippen LogP contribution in [-0.2, 0) is 20.2 Å². The quantitative estimate of drug-likeness (QED) is 0.172. The summed E-state index contributed by atoms with van der Waals surface area (Å²) in [6.07, 6.45) is 2.61. The highest BCUT2D eigenvalue weighted by Crippen LogP contribution is 2.37. The summed E-state index contributed by atoms with van der Waals surface area (Å²) in [5, 5.41) is 0.388. The number of halogens is 2. The van der Waals surface area contributed by atoms with Gasteiger partial charge in [0.1, 0.15) is 5.82 Å². The van der Waals surface area contributed by atoms with Gasteiger partial charge in [0.2, 0.25) is 10.0 Å². The molecule has 0 aliphatic carbocycles. The van der Waals surface area contributed by atoms with Gasteiger partial charge in [-0.15, -0.1) is 0 Å². The lowest BCUT2D eigenvalue weighted by Gasteiger charge is -2.36. The van der Waals surface area contributed by atoms with Gasteiger partial charge < -0.3 is 4.43 Å². The molecule has 1 N–H and O–H groups in total. The highest BCUT2D eigenvalue weighted by molar-refractivity contribution is 7.98. The molecule has 2 aromatic rings. The van der Waals surface area contributed by atoms with E-state index in [1.165, 1.54) is 12.1 Å². The minimum atomic E-state index is -3.57. The van der Waals surface area contributed by atoms with Gasteiger partial charge in [0.25, 0.3) is 0 Å². The molecule has 0 spiro atoms. The number of benzene rings is 1. The first-order valence-electron chi connectivity index (χ1n) is 12.0. The Bertz CT molecular complexity index is 1140. The van der Waals surface area contributed by atoms with Gasteiger partial charge in [-0.3, -0.25) is 4.72 Å². The van der Waals surface area contributed by atoms with Crippen molar-refractivity contribution in [3.63, 3.8) is 0 Å². The van der Waals surface area contributed by atoms with Crippen molar-refractivity contribution in [3.05, 3.63) is 47.2 Å². The van der Waals surface area contributed by atoms with Crippen LogP contribution in [0.2, 0.25) is 18.1 Å². The molecule has 1 aromatic heterocycles. The van der Waals surface area contributed by atoms with Gasteiger partial charge in [-0.1, -0.05) is 58.5 Å². The fourth-order valence-corrected chi connectivity index (χ4v) is 5.78. The summed E-state index contributed by atoms with van der Waals surface area (Å²) < 4.78 is 60.5. The smallest absolute Gasteiger partial charge is 0.230 e. The molecule has 2 rings (SSSR count). The van der Waals surface area contributed by atoms with Gasteiger partial charge >= 0.3 is 0 Å². The summed E-state index contributed by atoms with van der Waals surface area (Å²) in [6.45, 7) is 15.8. The number of rotatable bonds is 12. The normalized spacial score (nSPS) is 13.8. The van der Waals surface area contributed by atoms with Crippen LogP contribution in [0.25, 0.3) is 0 Å². The van der Waals surface area contributed by atoms with Crippen molar-refractivity contribution in [2.45, 2.75) is 82.4 Å². The van der Waals surface area contributed by atoms with Crippen LogP contribution in [0.3, 0.4) is 0 Å². The Morgan fingerprint density at radius 3 is 2.42 bits per heavy atom. The minimum absolute atomic E-state index is 0.0168. The highest BCUT2D eigenvalue weighted by atomic mass is 32.2. The number of aromatic nitrogens is 2. The average Bonchev–Trinajstić information content (AvgIpc) is 2.71. The molecule has 0 saturated carbocycles. The third kappa shape index (κ3) is 9.39. The van der Waals surface area contributed by atoms with Crippen LogP contribution < -0.4 is 4.72 Å². The van der Waals surface area contributed by atoms with Gasteiger partial charge in [-0.05, 0) is 43.0 Å². The molecular weight excluding hydrogens is 521 g/mol. The van der Waals surface area contributed by atoms with Crippen LogP contribution >= 0.6 is 11.8 Å². The van der Waals surface area contributed by atoms with Crippen molar-refractivity contribution in [2.24, 2.45) is 5.92 Å². The van der Waals surface area contributed by atoms with Crippen LogP contribution in [0.1, 0.15) is 64.6 Å². The Morgan fingerprint density at radius 1 is 1.17 bits per heavy atom. The van der Waals surface area contributed by atoms with E-state index in [0.29, 0.717) is 23.4 Å². The maximum absolute atomic E-state index is 14.1. The van der Waals surface area contributed by atoms with Crippen molar-refractivity contribution < 1.29 is 21.6 Å². The van der Waals surface area contributed by atoms with Gasteiger partial charge in [-0.25, -0.2) is 27.2 Å². The number of nitrogens with zero attached hydrogens (tertiary/aromatic N) is 2. The zero-order valence-electron chi connectivity index (χ0n) is 22.5. The van der Waals surface area contributed by atoms with E-state index < -0.39 is 30.0 Å². The van der Waals surface area contributed by atoms with Crippen molar-refractivity contribution in [2.75, 3.05) is 17.6 Å². The maximum atomic E-state index is 14.1. The first kappa shape index (κ1) is 30.7. The summed E-state index contributed by atoms with van der Waals surface area (Å²) in [4.78, 5) is 9.02. The molecule has 0 amide bonds. The topological polar surface area (TPSA) is 81.2 Å². The lowest BCUT2D eigenvalue weighted by atomic mass is 9.91. The highest BCUT2D eigenvalue weighted by Gasteiger charge is 2.37. The second kappa shape index (κ2) is 12.3. The van der Waals surface area contributed by atoms with Crippen molar-refractivity contribution >= 4 is 35.9 Å². The zero-order valence-corrected chi connectivity index (χ0v) is 25.1. The molecule has 1 unspecified atom stereocenters. The molecule has 1 aromatic carbocycles.